The molecule has 0 aliphatic heterocycles. The highest BCUT2D eigenvalue weighted by atomic mass is 32.2. The summed E-state index contributed by atoms with van der Waals surface area (Å²) in [4.78, 5) is 13.9. The number of carbonyl (C=O) groups excluding carboxylic acids is 1. The van der Waals surface area contributed by atoms with E-state index in [9.17, 15) is 31.9 Å². The molecule has 1 spiro atoms. The van der Waals surface area contributed by atoms with Crippen LogP contribution < -0.4 is 0 Å². The minimum atomic E-state index is -5.45. The van der Waals surface area contributed by atoms with Crippen LogP contribution in [0.3, 0.4) is 0 Å². The van der Waals surface area contributed by atoms with E-state index in [1.165, 1.54) is 49.4 Å². The molecule has 3 saturated carbocycles. The molecular weight excluding hydrogens is 567 g/mol. The molecule has 1 aromatic rings. The van der Waals surface area contributed by atoms with Crippen molar-refractivity contribution >= 4 is 17.5 Å². The fraction of sp³-hybridized carbons (Fsp3) is 0.794. The van der Waals surface area contributed by atoms with Crippen molar-refractivity contribution in [3.8, 4) is 5.75 Å². The maximum atomic E-state index is 13.9. The predicted octanol–water partition coefficient (Wildman–Crippen LogP) is 10.7. The van der Waals surface area contributed by atoms with Crippen molar-refractivity contribution in [2.45, 2.75) is 128 Å². The zero-order valence-electron chi connectivity index (χ0n) is 24.9. The molecule has 0 saturated heterocycles. The van der Waals surface area contributed by atoms with Gasteiger partial charge in [-0.25, -0.2) is 0 Å². The van der Waals surface area contributed by atoms with E-state index >= 15 is 0 Å². The maximum Gasteiger partial charge on any atom is 0.453 e. The van der Waals surface area contributed by atoms with Crippen LogP contribution in [-0.2, 0) is 0 Å². The van der Waals surface area contributed by atoms with E-state index in [-0.39, 0.29) is 23.9 Å². The lowest BCUT2D eigenvalue weighted by Gasteiger charge is -2.53. The number of benzene rings is 1. The van der Waals surface area contributed by atoms with E-state index in [1.807, 2.05) is 6.07 Å². The second-order valence-corrected chi connectivity index (χ2v) is 15.2. The Hall–Kier alpha value is -1.31. The monoisotopic (exact) mass is 614 g/mol. The third-order valence-electron chi connectivity index (χ3n) is 11.7. The lowest BCUT2D eigenvalue weighted by molar-refractivity contribution is -0.284. The number of Topliss-reactive ketones (excluding diaryl/α,β-unsaturated/α-hetero) is 1. The zero-order chi connectivity index (χ0) is 30.2. The number of unbranched alkanes of at least 4 members (excludes halogenated alkanes) is 6. The van der Waals surface area contributed by atoms with E-state index in [0.717, 1.165) is 69.1 Å². The number of hydrogen-bond donors (Lipinski definition) is 1. The summed E-state index contributed by atoms with van der Waals surface area (Å²) in [7, 11) is 0. The van der Waals surface area contributed by atoms with Crippen molar-refractivity contribution in [2.24, 2.45) is 28.6 Å². The lowest BCUT2D eigenvalue weighted by Crippen LogP contribution is -2.48. The summed E-state index contributed by atoms with van der Waals surface area (Å²) in [5.41, 5.74) is 2.84. The first-order valence-electron chi connectivity index (χ1n) is 16.3. The summed E-state index contributed by atoms with van der Waals surface area (Å²) in [5, 5.41) is 10.2. The van der Waals surface area contributed by atoms with Gasteiger partial charge in [0.15, 0.2) is 5.78 Å². The van der Waals surface area contributed by atoms with Gasteiger partial charge in [-0.3, -0.25) is 4.79 Å². The molecular formula is C34H47F5O2S. The molecule has 0 aromatic heterocycles. The van der Waals surface area contributed by atoms with Crippen molar-refractivity contribution in [2.75, 3.05) is 11.5 Å². The number of phenolic OH excluding ortho intramolecular Hbond substituents is 1. The van der Waals surface area contributed by atoms with Crippen LogP contribution in [0.2, 0.25) is 0 Å². The van der Waals surface area contributed by atoms with Crippen molar-refractivity contribution in [3.63, 3.8) is 0 Å². The molecule has 1 aromatic carbocycles. The number of ketones is 1. The molecule has 5 atom stereocenters. The maximum absolute atomic E-state index is 13.9. The standard InChI is InChI=1S/C34H47F5O2S/c1-31-16-13-25-24-12-11-23(40)22-27(24)30(41)26(29(25)28(31)14-17-32(31)18-19-32)10-7-5-3-2-4-6-8-20-42-21-9-15-33(35,36)34(37,38)39/h11-12,22,25-26,28-29,40H,2-10,13-21H2,1H3/t25?,26?,28?,29?,31-/m0/s1. The molecule has 3 fully saturated rings. The largest absolute Gasteiger partial charge is 0.508 e. The van der Waals surface area contributed by atoms with Gasteiger partial charge in [-0.15, -0.1) is 0 Å². The number of phenols is 1. The molecule has 0 radical (unpaired) electrons. The fourth-order valence-electron chi connectivity index (χ4n) is 9.19. The molecule has 5 rings (SSSR count). The Morgan fingerprint density at radius 1 is 0.881 bits per heavy atom. The van der Waals surface area contributed by atoms with Gasteiger partial charge in [-0.1, -0.05) is 51.5 Å². The Kier molecular flexibility index (Phi) is 9.62. The van der Waals surface area contributed by atoms with Gasteiger partial charge >= 0.3 is 12.1 Å². The predicted molar refractivity (Wildman–Crippen MR) is 158 cm³/mol. The summed E-state index contributed by atoms with van der Waals surface area (Å²) >= 11 is 1.46. The smallest absolute Gasteiger partial charge is 0.453 e. The van der Waals surface area contributed by atoms with Crippen molar-refractivity contribution < 1.29 is 31.9 Å². The molecule has 4 unspecified atom stereocenters. The number of thioether (sulfide) groups is 1. The Balaban J connectivity index is 1.04. The molecule has 0 heterocycles. The van der Waals surface area contributed by atoms with Gasteiger partial charge in [-0.05, 0) is 116 Å². The SMILES string of the molecule is C[C@]12CCC3c4ccc(O)cc4C(=O)C(CCCCCCCCCSCCCC(F)(F)C(F)(F)F)C3C1CCC21CC1. The minimum absolute atomic E-state index is 0.0518. The molecule has 1 N–H and O–H groups in total. The average Bonchev–Trinajstić information content (AvgIpc) is 3.67. The van der Waals surface area contributed by atoms with Gasteiger partial charge in [0.25, 0.3) is 0 Å². The summed E-state index contributed by atoms with van der Waals surface area (Å²) in [6, 6.07) is 5.49. The fourth-order valence-corrected chi connectivity index (χ4v) is 10.2. The van der Waals surface area contributed by atoms with Gasteiger partial charge in [0.2, 0.25) is 0 Å². The van der Waals surface area contributed by atoms with E-state index in [1.54, 1.807) is 12.1 Å². The molecule has 4 aliphatic rings. The van der Waals surface area contributed by atoms with Gasteiger partial charge in [-0.2, -0.15) is 33.7 Å². The summed E-state index contributed by atoms with van der Waals surface area (Å²) in [6.07, 6.45) is 9.40. The first kappa shape index (κ1) is 32.1. The highest BCUT2D eigenvalue weighted by molar-refractivity contribution is 7.99. The Bertz CT molecular complexity index is 1100. The number of alkyl halides is 5. The third kappa shape index (κ3) is 6.26. The number of rotatable bonds is 14. The highest BCUT2D eigenvalue weighted by Gasteiger charge is 2.67. The van der Waals surface area contributed by atoms with Crippen LogP contribution in [0.5, 0.6) is 5.75 Å². The van der Waals surface area contributed by atoms with Crippen LogP contribution in [0.4, 0.5) is 22.0 Å². The number of aromatic hydroxyl groups is 1. The van der Waals surface area contributed by atoms with E-state index in [4.69, 9.17) is 0 Å². The second kappa shape index (κ2) is 12.6. The van der Waals surface area contributed by atoms with Crippen LogP contribution >= 0.6 is 11.8 Å². The molecule has 8 heteroatoms. The molecule has 0 bridgehead atoms. The Morgan fingerprint density at radius 2 is 1.55 bits per heavy atom. The van der Waals surface area contributed by atoms with Gasteiger partial charge in [0.05, 0.1) is 0 Å². The highest BCUT2D eigenvalue weighted by Crippen LogP contribution is 2.76. The van der Waals surface area contributed by atoms with Crippen LogP contribution in [0.1, 0.15) is 131 Å². The molecule has 42 heavy (non-hydrogen) atoms. The van der Waals surface area contributed by atoms with Crippen LogP contribution in [0.25, 0.3) is 0 Å². The topological polar surface area (TPSA) is 37.3 Å². The molecule has 236 valence electrons. The first-order chi connectivity index (χ1) is 19.9. The van der Waals surface area contributed by atoms with Crippen molar-refractivity contribution in [3.05, 3.63) is 29.3 Å². The minimum Gasteiger partial charge on any atom is -0.508 e. The van der Waals surface area contributed by atoms with Gasteiger partial charge < -0.3 is 5.11 Å². The lowest BCUT2D eigenvalue weighted by atomic mass is 9.50. The zero-order valence-corrected chi connectivity index (χ0v) is 25.7. The first-order valence-corrected chi connectivity index (χ1v) is 17.5. The van der Waals surface area contributed by atoms with Crippen molar-refractivity contribution in [1.29, 1.82) is 0 Å². The van der Waals surface area contributed by atoms with Crippen LogP contribution in [-0.4, -0.2) is 34.5 Å². The third-order valence-corrected chi connectivity index (χ3v) is 12.9. The number of fused-ring (bicyclic) bond motifs is 6. The Labute approximate surface area is 252 Å². The Morgan fingerprint density at radius 3 is 2.24 bits per heavy atom. The molecule has 0 amide bonds. The number of hydrogen-bond acceptors (Lipinski definition) is 3. The normalized spacial score (nSPS) is 29.8. The number of carbonyl (C=O) groups is 1. The summed E-state index contributed by atoms with van der Waals surface area (Å²) in [6.45, 7) is 2.53. The van der Waals surface area contributed by atoms with Gasteiger partial charge in [0.1, 0.15) is 5.75 Å². The van der Waals surface area contributed by atoms with Crippen molar-refractivity contribution in [1.82, 2.24) is 0 Å². The summed E-state index contributed by atoms with van der Waals surface area (Å²) < 4.78 is 62.5. The van der Waals surface area contributed by atoms with E-state index in [0.29, 0.717) is 34.3 Å². The van der Waals surface area contributed by atoms with E-state index in [2.05, 4.69) is 6.92 Å². The van der Waals surface area contributed by atoms with Crippen LogP contribution in [0, 0.1) is 28.6 Å². The van der Waals surface area contributed by atoms with Crippen LogP contribution in [0.15, 0.2) is 18.2 Å². The van der Waals surface area contributed by atoms with E-state index < -0.39 is 18.5 Å². The average molecular weight is 615 g/mol. The van der Waals surface area contributed by atoms with Gasteiger partial charge in [0, 0.05) is 17.9 Å². The second-order valence-electron chi connectivity index (χ2n) is 14.0. The summed E-state index contributed by atoms with van der Waals surface area (Å²) in [5.74, 6) is -1.51. The molecule has 2 nitrogen and oxygen atoms in total. The number of halogens is 5. The quantitative estimate of drug-likeness (QED) is 0.167. The molecule has 4 aliphatic carbocycles.